The van der Waals surface area contributed by atoms with E-state index in [-0.39, 0.29) is 23.0 Å². The third-order valence-electron chi connectivity index (χ3n) is 5.32. The minimum Gasteiger partial charge on any atom is -0.342 e. The molecule has 2 saturated heterocycles. The fourth-order valence-electron chi connectivity index (χ4n) is 4.08. The third-order valence-corrected chi connectivity index (χ3v) is 5.32. The summed E-state index contributed by atoms with van der Waals surface area (Å²) in [5, 5.41) is 0. The van der Waals surface area contributed by atoms with Crippen molar-refractivity contribution >= 4 is 11.8 Å². The molecule has 1 spiro atoms. The number of hydrogen-bond donors (Lipinski definition) is 0. The van der Waals surface area contributed by atoms with Crippen LogP contribution in [0.3, 0.4) is 0 Å². The summed E-state index contributed by atoms with van der Waals surface area (Å²) in [6, 6.07) is 6.55. The Bertz CT molecular complexity index is 649. The van der Waals surface area contributed by atoms with Crippen molar-refractivity contribution in [1.82, 2.24) is 14.7 Å². The van der Waals surface area contributed by atoms with Crippen LogP contribution < -0.4 is 0 Å². The molecule has 0 N–H and O–H groups in total. The van der Waals surface area contributed by atoms with Crippen LogP contribution in [-0.2, 0) is 16.1 Å². The number of halogens is 1. The first-order chi connectivity index (χ1) is 11.9. The van der Waals surface area contributed by atoms with E-state index in [2.05, 4.69) is 4.90 Å². The first kappa shape index (κ1) is 17.9. The van der Waals surface area contributed by atoms with Crippen LogP contribution in [0.1, 0.15) is 25.8 Å². The quantitative estimate of drug-likeness (QED) is 0.836. The van der Waals surface area contributed by atoms with Crippen LogP contribution in [0.4, 0.5) is 4.39 Å². The van der Waals surface area contributed by atoms with E-state index in [0.29, 0.717) is 39.1 Å². The fourth-order valence-corrected chi connectivity index (χ4v) is 4.08. The number of nitrogens with zero attached hydrogens (tertiary/aromatic N) is 3. The van der Waals surface area contributed by atoms with Gasteiger partial charge in [-0.05, 0) is 24.6 Å². The Hall–Kier alpha value is -1.95. The average molecular weight is 347 g/mol. The molecule has 6 heteroatoms. The van der Waals surface area contributed by atoms with Crippen molar-refractivity contribution in [3.8, 4) is 0 Å². The van der Waals surface area contributed by atoms with E-state index in [1.165, 1.54) is 12.1 Å². The van der Waals surface area contributed by atoms with E-state index in [0.717, 1.165) is 18.7 Å². The highest BCUT2D eigenvalue weighted by Gasteiger charge is 2.46. The molecule has 1 aromatic rings. The van der Waals surface area contributed by atoms with Gasteiger partial charge in [-0.15, -0.1) is 0 Å². The number of hydrogen-bond acceptors (Lipinski definition) is 3. The fraction of sp³-hybridized carbons (Fsp3) is 0.579. The molecule has 0 unspecified atom stereocenters. The molecule has 5 nitrogen and oxygen atoms in total. The largest absolute Gasteiger partial charge is 0.342 e. The van der Waals surface area contributed by atoms with Crippen molar-refractivity contribution < 1.29 is 14.0 Å². The molecule has 2 heterocycles. The SMILES string of the molecule is CCN1C[C@]2(CC1=O)CN(Cc1ccc(F)cc1)CCN(C(C)=O)C2. The van der Waals surface area contributed by atoms with Gasteiger partial charge < -0.3 is 9.80 Å². The number of rotatable bonds is 3. The van der Waals surface area contributed by atoms with Crippen LogP contribution in [0, 0.1) is 11.2 Å². The molecule has 2 aliphatic rings. The summed E-state index contributed by atoms with van der Waals surface area (Å²) < 4.78 is 13.1. The van der Waals surface area contributed by atoms with Gasteiger partial charge in [0.05, 0.1) is 0 Å². The second kappa shape index (κ2) is 7.12. The summed E-state index contributed by atoms with van der Waals surface area (Å²) in [5.74, 6) is -0.00106. The number of amides is 2. The van der Waals surface area contributed by atoms with E-state index in [9.17, 15) is 14.0 Å². The second-order valence-corrected chi connectivity index (χ2v) is 7.36. The van der Waals surface area contributed by atoms with Crippen molar-refractivity contribution in [3.05, 3.63) is 35.6 Å². The monoisotopic (exact) mass is 347 g/mol. The summed E-state index contributed by atoms with van der Waals surface area (Å²) in [6.45, 7) is 8.53. The van der Waals surface area contributed by atoms with Crippen LogP contribution >= 0.6 is 0 Å². The van der Waals surface area contributed by atoms with Crippen molar-refractivity contribution in [2.75, 3.05) is 39.3 Å². The molecular weight excluding hydrogens is 321 g/mol. The molecule has 0 bridgehead atoms. The lowest BCUT2D eigenvalue weighted by molar-refractivity contribution is -0.130. The van der Waals surface area contributed by atoms with Gasteiger partial charge in [0.25, 0.3) is 0 Å². The summed E-state index contributed by atoms with van der Waals surface area (Å²) in [4.78, 5) is 30.4. The highest BCUT2D eigenvalue weighted by Crippen LogP contribution is 2.35. The average Bonchev–Trinajstić information content (AvgIpc) is 2.76. The van der Waals surface area contributed by atoms with Crippen LogP contribution in [-0.4, -0.2) is 65.8 Å². The van der Waals surface area contributed by atoms with Crippen LogP contribution in [0.5, 0.6) is 0 Å². The number of carbonyl (C=O) groups is 2. The van der Waals surface area contributed by atoms with E-state index < -0.39 is 0 Å². The zero-order valence-electron chi connectivity index (χ0n) is 15.0. The van der Waals surface area contributed by atoms with Gasteiger partial charge in [0.15, 0.2) is 0 Å². The predicted octanol–water partition coefficient (Wildman–Crippen LogP) is 1.73. The van der Waals surface area contributed by atoms with Gasteiger partial charge >= 0.3 is 0 Å². The lowest BCUT2D eigenvalue weighted by Crippen LogP contribution is -2.43. The van der Waals surface area contributed by atoms with Crippen LogP contribution in [0.25, 0.3) is 0 Å². The second-order valence-electron chi connectivity index (χ2n) is 7.36. The lowest BCUT2D eigenvalue weighted by Gasteiger charge is -2.33. The Labute approximate surface area is 148 Å². The molecule has 2 fully saturated rings. The molecule has 3 rings (SSSR count). The predicted molar refractivity (Wildman–Crippen MR) is 93.2 cm³/mol. The Morgan fingerprint density at radius 2 is 1.88 bits per heavy atom. The summed E-state index contributed by atoms with van der Waals surface area (Å²) in [6.07, 6.45) is 0.491. The van der Waals surface area contributed by atoms with E-state index >= 15 is 0 Å². The summed E-state index contributed by atoms with van der Waals surface area (Å²) >= 11 is 0. The highest BCUT2D eigenvalue weighted by molar-refractivity contribution is 5.80. The molecular formula is C19H26FN3O2. The molecule has 0 aromatic heterocycles. The van der Waals surface area contributed by atoms with E-state index in [1.807, 2.05) is 16.7 Å². The van der Waals surface area contributed by atoms with Gasteiger partial charge in [-0.25, -0.2) is 4.39 Å². The van der Waals surface area contributed by atoms with E-state index in [4.69, 9.17) is 0 Å². The topological polar surface area (TPSA) is 43.9 Å². The minimum atomic E-state index is -0.237. The molecule has 2 aliphatic heterocycles. The molecule has 136 valence electrons. The molecule has 0 saturated carbocycles. The zero-order chi connectivity index (χ0) is 18.0. The highest BCUT2D eigenvalue weighted by atomic mass is 19.1. The van der Waals surface area contributed by atoms with Gasteiger partial charge in [0.2, 0.25) is 11.8 Å². The van der Waals surface area contributed by atoms with Crippen molar-refractivity contribution in [2.24, 2.45) is 5.41 Å². The van der Waals surface area contributed by atoms with Crippen LogP contribution in [0.15, 0.2) is 24.3 Å². The molecule has 25 heavy (non-hydrogen) atoms. The first-order valence-electron chi connectivity index (χ1n) is 8.91. The Balaban J connectivity index is 1.80. The van der Waals surface area contributed by atoms with Gasteiger partial charge in [-0.1, -0.05) is 12.1 Å². The van der Waals surface area contributed by atoms with Gasteiger partial charge in [0.1, 0.15) is 5.82 Å². The first-order valence-corrected chi connectivity index (χ1v) is 8.91. The third kappa shape index (κ3) is 4.00. The molecule has 1 aromatic carbocycles. The maximum Gasteiger partial charge on any atom is 0.223 e. The van der Waals surface area contributed by atoms with Crippen LogP contribution in [0.2, 0.25) is 0 Å². The minimum absolute atomic E-state index is 0.0606. The van der Waals surface area contributed by atoms with Crippen molar-refractivity contribution in [3.63, 3.8) is 0 Å². The summed E-state index contributed by atoms with van der Waals surface area (Å²) in [7, 11) is 0. The molecule has 2 amide bonds. The number of benzene rings is 1. The van der Waals surface area contributed by atoms with Crippen molar-refractivity contribution in [2.45, 2.75) is 26.8 Å². The standard InChI is InChI=1S/C19H26FN3O2/c1-3-22-13-19(10-18(22)25)12-21(8-9-23(14-19)15(2)24)11-16-4-6-17(20)7-5-16/h4-7H,3,8-14H2,1-2H3/t19-/m0/s1. The lowest BCUT2D eigenvalue weighted by atomic mass is 9.85. The Kier molecular flexibility index (Phi) is 5.08. The number of likely N-dealkylation sites (tertiary alicyclic amines) is 1. The zero-order valence-corrected chi connectivity index (χ0v) is 15.0. The Morgan fingerprint density at radius 1 is 1.16 bits per heavy atom. The van der Waals surface area contributed by atoms with Gasteiger partial charge in [0, 0.05) is 64.6 Å². The maximum absolute atomic E-state index is 13.1. The maximum atomic E-state index is 13.1. The molecule has 0 aliphatic carbocycles. The normalized spacial score (nSPS) is 24.8. The molecule has 1 atom stereocenters. The summed E-state index contributed by atoms with van der Waals surface area (Å²) in [5.41, 5.74) is 0.833. The van der Waals surface area contributed by atoms with Gasteiger partial charge in [-0.3, -0.25) is 14.5 Å². The Morgan fingerprint density at radius 3 is 2.48 bits per heavy atom. The van der Waals surface area contributed by atoms with Gasteiger partial charge in [-0.2, -0.15) is 0 Å². The number of carbonyl (C=O) groups excluding carboxylic acids is 2. The smallest absolute Gasteiger partial charge is 0.223 e. The van der Waals surface area contributed by atoms with E-state index in [1.54, 1.807) is 19.1 Å². The molecule has 0 radical (unpaired) electrons. The van der Waals surface area contributed by atoms with Crippen molar-refractivity contribution in [1.29, 1.82) is 0 Å².